The molecule has 4 saturated carbocycles. The lowest BCUT2D eigenvalue weighted by molar-refractivity contribution is -0.00518. The number of nitrogens with zero attached hydrogens (tertiary/aromatic N) is 1. The quantitative estimate of drug-likeness (QED) is 0.366. The van der Waals surface area contributed by atoms with Crippen LogP contribution < -0.4 is 0 Å². The van der Waals surface area contributed by atoms with Crippen LogP contribution in [0.2, 0.25) is 10.0 Å². The fourth-order valence-electron chi connectivity index (χ4n) is 6.73. The standard InChI is InChI=1S/C27H25Cl2NO/c28-24-7-1-20(12-25(24)29)26-8-6-23(31-26)16-30-22-4-2-21(3-5-22)27-13-17-9-18(14-27)11-19(10-17)15-27/h1-8,12,16-19H,9-11,13-15H2. The fraction of sp³-hybridized carbons (Fsp3) is 0.370. The molecule has 2 nitrogen and oxygen atoms in total. The second kappa shape index (κ2) is 7.53. The monoisotopic (exact) mass is 449 g/mol. The van der Waals surface area contributed by atoms with E-state index in [2.05, 4.69) is 29.3 Å². The molecule has 0 aliphatic heterocycles. The Morgan fingerprint density at radius 2 is 1.48 bits per heavy atom. The third kappa shape index (κ3) is 3.64. The number of hydrogen-bond acceptors (Lipinski definition) is 2. The predicted molar refractivity (Wildman–Crippen MR) is 128 cm³/mol. The zero-order chi connectivity index (χ0) is 21.0. The van der Waals surface area contributed by atoms with Crippen molar-refractivity contribution in [1.29, 1.82) is 0 Å². The summed E-state index contributed by atoms with van der Waals surface area (Å²) in [5.74, 6) is 4.36. The largest absolute Gasteiger partial charge is 0.455 e. The molecule has 0 atom stereocenters. The van der Waals surface area contributed by atoms with Crippen LogP contribution in [0, 0.1) is 17.8 Å². The summed E-state index contributed by atoms with van der Waals surface area (Å²) in [6.45, 7) is 0. The summed E-state index contributed by atoms with van der Waals surface area (Å²) in [6.07, 6.45) is 10.4. The average molecular weight is 450 g/mol. The Balaban J connectivity index is 1.18. The van der Waals surface area contributed by atoms with Crippen molar-refractivity contribution in [2.24, 2.45) is 22.7 Å². The van der Waals surface area contributed by atoms with Crippen molar-refractivity contribution in [1.82, 2.24) is 0 Å². The van der Waals surface area contributed by atoms with Gasteiger partial charge >= 0.3 is 0 Å². The first-order valence-corrected chi connectivity index (χ1v) is 12.0. The number of benzene rings is 2. The SMILES string of the molecule is Clc1ccc(-c2ccc(C=Nc3ccc(C45CC6CC(CC(C6)C4)C5)cc3)o2)cc1Cl. The molecular formula is C27H25Cl2NO. The van der Waals surface area contributed by atoms with Gasteiger partial charge in [-0.15, -0.1) is 0 Å². The lowest BCUT2D eigenvalue weighted by Gasteiger charge is -2.57. The van der Waals surface area contributed by atoms with E-state index in [0.29, 0.717) is 21.2 Å². The molecule has 31 heavy (non-hydrogen) atoms. The molecule has 4 bridgehead atoms. The zero-order valence-corrected chi connectivity index (χ0v) is 18.9. The van der Waals surface area contributed by atoms with Crippen molar-refractivity contribution in [3.05, 3.63) is 76.0 Å². The second-order valence-corrected chi connectivity index (χ2v) is 10.6. The highest BCUT2D eigenvalue weighted by atomic mass is 35.5. The smallest absolute Gasteiger partial charge is 0.145 e. The number of rotatable bonds is 4. The van der Waals surface area contributed by atoms with Gasteiger partial charge in [-0.25, -0.2) is 0 Å². The molecule has 2 aromatic carbocycles. The number of halogens is 2. The Bertz CT molecular complexity index is 1110. The van der Waals surface area contributed by atoms with Gasteiger partial charge in [0, 0.05) is 5.56 Å². The summed E-state index contributed by atoms with van der Waals surface area (Å²) >= 11 is 12.1. The van der Waals surface area contributed by atoms with Gasteiger partial charge in [0.1, 0.15) is 11.5 Å². The average Bonchev–Trinajstić information content (AvgIpc) is 3.23. The molecule has 4 aliphatic rings. The fourth-order valence-corrected chi connectivity index (χ4v) is 7.03. The highest BCUT2D eigenvalue weighted by molar-refractivity contribution is 6.42. The molecule has 4 fully saturated rings. The molecule has 1 aromatic heterocycles. The van der Waals surface area contributed by atoms with Crippen LogP contribution in [0.25, 0.3) is 11.3 Å². The van der Waals surface area contributed by atoms with Gasteiger partial charge in [0.15, 0.2) is 0 Å². The van der Waals surface area contributed by atoms with Gasteiger partial charge < -0.3 is 4.42 Å². The van der Waals surface area contributed by atoms with E-state index in [-0.39, 0.29) is 0 Å². The normalized spacial score (nSPS) is 29.2. The van der Waals surface area contributed by atoms with Gasteiger partial charge in [-0.1, -0.05) is 35.3 Å². The minimum Gasteiger partial charge on any atom is -0.455 e. The van der Waals surface area contributed by atoms with E-state index >= 15 is 0 Å². The topological polar surface area (TPSA) is 25.5 Å². The van der Waals surface area contributed by atoms with E-state index in [1.165, 1.54) is 44.1 Å². The van der Waals surface area contributed by atoms with Crippen molar-refractivity contribution >= 4 is 35.1 Å². The first kappa shape index (κ1) is 19.6. The van der Waals surface area contributed by atoms with Gasteiger partial charge in [0.05, 0.1) is 21.9 Å². The maximum absolute atomic E-state index is 6.12. The Morgan fingerprint density at radius 3 is 2.13 bits per heavy atom. The number of hydrogen-bond donors (Lipinski definition) is 0. The molecule has 0 saturated heterocycles. The lowest BCUT2D eigenvalue weighted by Crippen LogP contribution is -2.48. The Morgan fingerprint density at radius 1 is 0.806 bits per heavy atom. The molecule has 3 aromatic rings. The molecule has 0 amide bonds. The van der Waals surface area contributed by atoms with Crippen molar-refractivity contribution in [2.45, 2.75) is 43.9 Å². The number of furan rings is 1. The van der Waals surface area contributed by atoms with Crippen molar-refractivity contribution < 1.29 is 4.42 Å². The molecule has 7 rings (SSSR count). The number of aliphatic imine (C=N–C) groups is 1. The van der Waals surface area contributed by atoms with Gasteiger partial charge in [-0.05, 0) is 110 Å². The molecule has 4 aliphatic carbocycles. The van der Waals surface area contributed by atoms with E-state index in [1.807, 2.05) is 24.3 Å². The van der Waals surface area contributed by atoms with Gasteiger partial charge in [0.25, 0.3) is 0 Å². The lowest BCUT2D eigenvalue weighted by atomic mass is 9.48. The van der Waals surface area contributed by atoms with Gasteiger partial charge in [0.2, 0.25) is 0 Å². The second-order valence-electron chi connectivity index (χ2n) is 9.83. The molecule has 4 heteroatoms. The van der Waals surface area contributed by atoms with E-state index in [9.17, 15) is 0 Å². The van der Waals surface area contributed by atoms with Gasteiger partial charge in [-0.2, -0.15) is 0 Å². The molecule has 0 radical (unpaired) electrons. The maximum atomic E-state index is 6.12. The van der Waals surface area contributed by atoms with Crippen LogP contribution in [0.3, 0.4) is 0 Å². The summed E-state index contributed by atoms with van der Waals surface area (Å²) in [5, 5.41) is 1.06. The van der Waals surface area contributed by atoms with Crippen LogP contribution in [0.1, 0.15) is 49.8 Å². The van der Waals surface area contributed by atoms with E-state index in [1.54, 1.807) is 12.3 Å². The van der Waals surface area contributed by atoms with Crippen LogP contribution in [-0.2, 0) is 5.41 Å². The Labute approximate surface area is 193 Å². The highest BCUT2D eigenvalue weighted by Gasteiger charge is 2.51. The van der Waals surface area contributed by atoms with Crippen LogP contribution in [0.5, 0.6) is 0 Å². The summed E-state index contributed by atoms with van der Waals surface area (Å²) < 4.78 is 5.92. The van der Waals surface area contributed by atoms with Crippen LogP contribution in [0.4, 0.5) is 5.69 Å². The van der Waals surface area contributed by atoms with Crippen molar-refractivity contribution in [3.8, 4) is 11.3 Å². The summed E-state index contributed by atoms with van der Waals surface area (Å²) in [7, 11) is 0. The first-order valence-electron chi connectivity index (χ1n) is 11.3. The molecule has 158 valence electrons. The zero-order valence-electron chi connectivity index (χ0n) is 17.4. The van der Waals surface area contributed by atoms with Crippen molar-refractivity contribution in [2.75, 3.05) is 0 Å². The van der Waals surface area contributed by atoms with Crippen LogP contribution in [-0.4, -0.2) is 6.21 Å². The van der Waals surface area contributed by atoms with Crippen LogP contribution >= 0.6 is 23.2 Å². The first-order chi connectivity index (χ1) is 15.1. The van der Waals surface area contributed by atoms with E-state index in [4.69, 9.17) is 27.6 Å². The third-order valence-electron chi connectivity index (χ3n) is 7.69. The summed E-state index contributed by atoms with van der Waals surface area (Å²) in [6, 6.07) is 18.3. The molecule has 0 unspecified atom stereocenters. The third-order valence-corrected chi connectivity index (χ3v) is 8.43. The predicted octanol–water partition coefficient (Wildman–Crippen LogP) is 8.47. The van der Waals surface area contributed by atoms with E-state index in [0.717, 1.165) is 34.8 Å². The van der Waals surface area contributed by atoms with E-state index < -0.39 is 0 Å². The molecule has 0 spiro atoms. The minimum atomic E-state index is 0.437. The molecular weight excluding hydrogens is 425 g/mol. The summed E-state index contributed by atoms with van der Waals surface area (Å²) in [4.78, 5) is 4.64. The Kier molecular flexibility index (Phi) is 4.77. The molecule has 1 heterocycles. The van der Waals surface area contributed by atoms with Gasteiger partial charge in [-0.3, -0.25) is 4.99 Å². The van der Waals surface area contributed by atoms with Crippen LogP contribution in [0.15, 0.2) is 64.0 Å². The van der Waals surface area contributed by atoms with Crippen molar-refractivity contribution in [3.63, 3.8) is 0 Å². The minimum absolute atomic E-state index is 0.437. The summed E-state index contributed by atoms with van der Waals surface area (Å²) in [5.41, 5.74) is 3.83. The highest BCUT2D eigenvalue weighted by Crippen LogP contribution is 2.60. The maximum Gasteiger partial charge on any atom is 0.145 e. The molecule has 0 N–H and O–H groups in total. The Hall–Kier alpha value is -2.03.